The number of ketones is 1. The minimum atomic E-state index is -0.436. The van der Waals surface area contributed by atoms with E-state index in [1.54, 1.807) is 31.2 Å². The van der Waals surface area contributed by atoms with Crippen molar-refractivity contribution in [1.29, 1.82) is 0 Å². The minimum absolute atomic E-state index is 0.00775. The molecule has 0 unspecified atom stereocenters. The number of amides is 1. The van der Waals surface area contributed by atoms with Crippen molar-refractivity contribution < 1.29 is 14.3 Å². The molecular formula is C22H25N3O3. The predicted octanol–water partition coefficient (Wildman–Crippen LogP) is 3.63. The van der Waals surface area contributed by atoms with Crippen LogP contribution in [-0.4, -0.2) is 48.3 Å². The fraction of sp³-hybridized carbons (Fsp3) is 0.273. The zero-order valence-corrected chi connectivity index (χ0v) is 16.6. The number of H-pyrrole nitrogens is 1. The molecule has 0 aliphatic rings. The summed E-state index contributed by atoms with van der Waals surface area (Å²) in [6.45, 7) is 3.82. The topological polar surface area (TPSA) is 74.4 Å². The second-order valence-electron chi connectivity index (χ2n) is 6.91. The number of carbonyl (C=O) groups is 2. The van der Waals surface area contributed by atoms with Gasteiger partial charge in [-0.25, -0.2) is 0 Å². The molecule has 6 nitrogen and oxygen atoms in total. The van der Waals surface area contributed by atoms with Crippen LogP contribution in [0.25, 0.3) is 10.9 Å². The van der Waals surface area contributed by atoms with Crippen LogP contribution in [0.1, 0.15) is 23.0 Å². The van der Waals surface area contributed by atoms with Crippen LogP contribution in [0.5, 0.6) is 5.75 Å². The molecule has 0 fully saturated rings. The fourth-order valence-electron chi connectivity index (χ4n) is 3.27. The zero-order valence-electron chi connectivity index (χ0n) is 16.6. The molecule has 0 saturated carbocycles. The van der Waals surface area contributed by atoms with Gasteiger partial charge in [-0.05, 0) is 39.1 Å². The highest BCUT2D eigenvalue weighted by Crippen LogP contribution is 2.24. The Labute approximate surface area is 164 Å². The van der Waals surface area contributed by atoms with Gasteiger partial charge in [0.15, 0.2) is 5.78 Å². The van der Waals surface area contributed by atoms with Gasteiger partial charge in [-0.2, -0.15) is 0 Å². The highest BCUT2D eigenvalue weighted by atomic mass is 16.5. The quantitative estimate of drug-likeness (QED) is 0.615. The Balaban J connectivity index is 1.69. The van der Waals surface area contributed by atoms with Crippen molar-refractivity contribution in [2.24, 2.45) is 0 Å². The van der Waals surface area contributed by atoms with Gasteiger partial charge in [-0.3, -0.25) is 14.5 Å². The fourth-order valence-corrected chi connectivity index (χ4v) is 3.27. The summed E-state index contributed by atoms with van der Waals surface area (Å²) < 4.78 is 5.17. The molecule has 3 rings (SSSR count). The van der Waals surface area contributed by atoms with E-state index in [-0.39, 0.29) is 18.2 Å². The molecule has 3 aromatic rings. The Morgan fingerprint density at radius 1 is 1.18 bits per heavy atom. The number of Topliss-reactive ketones (excluding diaryl/α,β-unsaturated/α-hetero) is 1. The Hall–Kier alpha value is -3.12. The highest BCUT2D eigenvalue weighted by molar-refractivity contribution is 6.11. The standard InChI is InChI=1S/C22H25N3O3/c1-14-21(18-10-5-6-11-19(18)23-14)22(27)15(2)25(3)13-20(26)24-16-8-7-9-17(12-16)28-4/h5-12,15,23H,13H2,1-4H3,(H,24,26)/t15-/m0/s1. The monoisotopic (exact) mass is 379 g/mol. The number of nitrogens with one attached hydrogen (secondary N) is 2. The maximum atomic E-state index is 13.1. The van der Waals surface area contributed by atoms with Crippen LogP contribution in [0, 0.1) is 6.92 Å². The van der Waals surface area contributed by atoms with Gasteiger partial charge in [0.2, 0.25) is 5.91 Å². The molecule has 2 aromatic carbocycles. The first-order valence-electron chi connectivity index (χ1n) is 9.16. The first-order valence-corrected chi connectivity index (χ1v) is 9.16. The molecule has 0 saturated heterocycles. The van der Waals surface area contributed by atoms with Crippen LogP contribution in [0.15, 0.2) is 48.5 Å². The summed E-state index contributed by atoms with van der Waals surface area (Å²) in [7, 11) is 3.35. The van der Waals surface area contributed by atoms with E-state index in [4.69, 9.17) is 4.74 Å². The molecule has 0 spiro atoms. The van der Waals surface area contributed by atoms with Crippen molar-refractivity contribution in [1.82, 2.24) is 9.88 Å². The number of carbonyl (C=O) groups excluding carboxylic acids is 2. The molecule has 2 N–H and O–H groups in total. The number of benzene rings is 2. The van der Waals surface area contributed by atoms with Gasteiger partial charge in [0.25, 0.3) is 0 Å². The van der Waals surface area contributed by atoms with E-state index in [1.807, 2.05) is 50.2 Å². The van der Waals surface area contributed by atoms with Gasteiger partial charge in [-0.1, -0.05) is 24.3 Å². The van der Waals surface area contributed by atoms with Crippen LogP contribution in [-0.2, 0) is 4.79 Å². The molecule has 0 aliphatic heterocycles. The molecular weight excluding hydrogens is 354 g/mol. The lowest BCUT2D eigenvalue weighted by Crippen LogP contribution is -2.41. The number of para-hydroxylation sites is 1. The lowest BCUT2D eigenvalue weighted by molar-refractivity contribution is -0.117. The molecule has 0 aliphatic carbocycles. The third kappa shape index (κ3) is 4.07. The van der Waals surface area contributed by atoms with E-state index >= 15 is 0 Å². The van der Waals surface area contributed by atoms with Crippen LogP contribution in [0.4, 0.5) is 5.69 Å². The Morgan fingerprint density at radius 2 is 1.93 bits per heavy atom. The molecule has 1 heterocycles. The number of aryl methyl sites for hydroxylation is 1. The lowest BCUT2D eigenvalue weighted by Gasteiger charge is -2.23. The molecule has 1 amide bonds. The number of aromatic amines is 1. The van der Waals surface area contributed by atoms with Crippen molar-refractivity contribution in [2.45, 2.75) is 19.9 Å². The normalized spacial score (nSPS) is 12.2. The average molecular weight is 379 g/mol. The van der Waals surface area contributed by atoms with Crippen LogP contribution < -0.4 is 10.1 Å². The average Bonchev–Trinajstić information content (AvgIpc) is 3.02. The zero-order chi connectivity index (χ0) is 20.3. The van der Waals surface area contributed by atoms with Crippen LogP contribution in [0.2, 0.25) is 0 Å². The van der Waals surface area contributed by atoms with Gasteiger partial charge < -0.3 is 15.0 Å². The number of hydrogen-bond acceptors (Lipinski definition) is 4. The number of nitrogens with zero attached hydrogens (tertiary/aromatic N) is 1. The number of rotatable bonds is 7. The summed E-state index contributed by atoms with van der Waals surface area (Å²) >= 11 is 0. The first kappa shape index (κ1) is 19.6. The molecule has 0 bridgehead atoms. The highest BCUT2D eigenvalue weighted by Gasteiger charge is 2.25. The number of fused-ring (bicyclic) bond motifs is 1. The van der Waals surface area contributed by atoms with Gasteiger partial charge in [0, 0.05) is 33.9 Å². The van der Waals surface area contributed by atoms with E-state index in [0.29, 0.717) is 17.0 Å². The Morgan fingerprint density at radius 3 is 2.68 bits per heavy atom. The van der Waals surface area contributed by atoms with Crippen molar-refractivity contribution in [3.63, 3.8) is 0 Å². The SMILES string of the molecule is COc1cccc(NC(=O)CN(C)[C@@H](C)C(=O)c2c(C)[nH]c3ccccc23)c1. The number of hydrogen-bond donors (Lipinski definition) is 2. The minimum Gasteiger partial charge on any atom is -0.497 e. The van der Waals surface area contributed by atoms with E-state index < -0.39 is 6.04 Å². The molecule has 146 valence electrons. The number of methoxy groups -OCH3 is 1. The van der Waals surface area contributed by atoms with Crippen LogP contribution >= 0.6 is 0 Å². The number of likely N-dealkylation sites (N-methyl/N-ethyl adjacent to an activating group) is 1. The van der Waals surface area contributed by atoms with Crippen LogP contribution in [0.3, 0.4) is 0 Å². The summed E-state index contributed by atoms with van der Waals surface area (Å²) in [6.07, 6.45) is 0. The second kappa shape index (κ2) is 8.27. The Bertz CT molecular complexity index is 1010. The third-order valence-electron chi connectivity index (χ3n) is 4.93. The van der Waals surface area contributed by atoms with Gasteiger partial charge in [0.05, 0.1) is 19.7 Å². The first-order chi connectivity index (χ1) is 13.4. The summed E-state index contributed by atoms with van der Waals surface area (Å²) in [5.74, 6) is 0.474. The summed E-state index contributed by atoms with van der Waals surface area (Å²) in [5, 5.41) is 3.75. The van der Waals surface area contributed by atoms with Gasteiger partial charge in [0.1, 0.15) is 5.75 Å². The molecule has 0 radical (unpaired) electrons. The molecule has 28 heavy (non-hydrogen) atoms. The van der Waals surface area contributed by atoms with Crippen molar-refractivity contribution in [3.8, 4) is 5.75 Å². The van der Waals surface area contributed by atoms with Crippen molar-refractivity contribution in [2.75, 3.05) is 26.0 Å². The maximum Gasteiger partial charge on any atom is 0.238 e. The summed E-state index contributed by atoms with van der Waals surface area (Å²) in [6, 6.07) is 14.5. The van der Waals surface area contributed by atoms with Gasteiger partial charge >= 0.3 is 0 Å². The maximum absolute atomic E-state index is 13.1. The van der Waals surface area contributed by atoms with E-state index in [0.717, 1.165) is 16.6 Å². The van der Waals surface area contributed by atoms with E-state index in [9.17, 15) is 9.59 Å². The molecule has 6 heteroatoms. The van der Waals surface area contributed by atoms with Crippen molar-refractivity contribution >= 4 is 28.3 Å². The number of anilines is 1. The second-order valence-corrected chi connectivity index (χ2v) is 6.91. The Kier molecular flexibility index (Phi) is 5.80. The third-order valence-corrected chi connectivity index (χ3v) is 4.93. The van der Waals surface area contributed by atoms with E-state index in [1.165, 1.54) is 0 Å². The predicted molar refractivity (Wildman–Crippen MR) is 111 cm³/mol. The number of ether oxygens (including phenoxy) is 1. The van der Waals surface area contributed by atoms with Crippen molar-refractivity contribution in [3.05, 3.63) is 59.8 Å². The lowest BCUT2D eigenvalue weighted by atomic mass is 10.0. The summed E-state index contributed by atoms with van der Waals surface area (Å²) in [4.78, 5) is 30.5. The number of aromatic nitrogens is 1. The molecule has 1 atom stereocenters. The largest absolute Gasteiger partial charge is 0.497 e. The summed E-state index contributed by atoms with van der Waals surface area (Å²) in [5.41, 5.74) is 3.12. The smallest absolute Gasteiger partial charge is 0.238 e. The molecule has 1 aromatic heterocycles. The van der Waals surface area contributed by atoms with E-state index in [2.05, 4.69) is 10.3 Å². The van der Waals surface area contributed by atoms with Gasteiger partial charge in [-0.15, -0.1) is 0 Å².